The van der Waals surface area contributed by atoms with Crippen molar-refractivity contribution in [2.75, 3.05) is 10.3 Å². The molecule has 8 rings (SSSR count). The highest BCUT2D eigenvalue weighted by Crippen LogP contribution is 2.65. The predicted octanol–water partition coefficient (Wildman–Crippen LogP) is 7.50. The van der Waals surface area contributed by atoms with Crippen molar-refractivity contribution in [2.24, 2.45) is 23.7 Å². The summed E-state index contributed by atoms with van der Waals surface area (Å²) in [6, 6.07) is 19.4. The van der Waals surface area contributed by atoms with Crippen molar-refractivity contribution in [3.8, 4) is 5.75 Å². The van der Waals surface area contributed by atoms with Crippen LogP contribution < -0.4 is 10.3 Å². The molecule has 1 saturated carbocycles. The van der Waals surface area contributed by atoms with E-state index in [1.807, 2.05) is 6.08 Å². The fourth-order valence-electron chi connectivity index (χ4n) is 8.96. The van der Waals surface area contributed by atoms with E-state index < -0.39 is 75.4 Å². The molecule has 1 aromatic heterocycles. The first-order chi connectivity index (χ1) is 26.1. The van der Waals surface area contributed by atoms with E-state index in [0.717, 1.165) is 4.90 Å². The number of hydrazine groups is 1. The molecule has 6 atom stereocenters. The fourth-order valence-corrected chi connectivity index (χ4v) is 9.29. The number of phenolic OH excluding ortho intramolecular Hbond substituents is 1. The Kier molecular flexibility index (Phi) is 8.65. The summed E-state index contributed by atoms with van der Waals surface area (Å²) in [6.07, 6.45) is -2.40. The summed E-state index contributed by atoms with van der Waals surface area (Å²) >= 11 is 12.5. The summed E-state index contributed by atoms with van der Waals surface area (Å²) < 4.78 is 40.4. The molecule has 4 aliphatic rings. The van der Waals surface area contributed by atoms with Gasteiger partial charge in [-0.3, -0.25) is 34.3 Å². The molecule has 280 valence electrons. The maximum atomic E-state index is 15.2. The van der Waals surface area contributed by atoms with Crippen LogP contribution in [0, 0.1) is 23.7 Å². The van der Waals surface area contributed by atoms with Gasteiger partial charge in [0.15, 0.2) is 11.6 Å². The third-order valence-electron chi connectivity index (χ3n) is 11.3. The monoisotopic (exact) mass is 788 g/mol. The SMILES string of the molecule is CC(=O)c1ccc(N2C(=O)[C@H]3[C@H](CC=C4[C@H]3C[C@H]3C(=O)N(Nc5ncc(C(F)(F)F)cc5Cl)C(=O)[C@@]3(c3ccc(Cl)cc3)[C@H]4c3ccccc3O)C2=O)cc1. The number of carbonyl (C=O) groups excluding carboxylic acids is 5. The maximum absolute atomic E-state index is 15.2. The highest BCUT2D eigenvalue weighted by molar-refractivity contribution is 6.33. The zero-order valence-electron chi connectivity index (χ0n) is 28.7. The van der Waals surface area contributed by atoms with Gasteiger partial charge in [0.25, 0.3) is 11.8 Å². The lowest BCUT2D eigenvalue weighted by Gasteiger charge is -2.50. The second kappa shape index (κ2) is 13.1. The fraction of sp³-hybridized carbons (Fsp3) is 0.250. The van der Waals surface area contributed by atoms with E-state index in [2.05, 4.69) is 10.4 Å². The molecule has 0 spiro atoms. The van der Waals surface area contributed by atoms with Crippen LogP contribution >= 0.6 is 23.2 Å². The van der Waals surface area contributed by atoms with Gasteiger partial charge in [-0.1, -0.05) is 65.2 Å². The Morgan fingerprint density at radius 2 is 1.62 bits per heavy atom. The van der Waals surface area contributed by atoms with Gasteiger partial charge >= 0.3 is 6.18 Å². The number of alkyl halides is 3. The molecule has 0 radical (unpaired) electrons. The zero-order valence-corrected chi connectivity index (χ0v) is 30.2. The number of hydrogen-bond donors (Lipinski definition) is 2. The number of amides is 4. The zero-order chi connectivity index (χ0) is 39.1. The van der Waals surface area contributed by atoms with Crippen molar-refractivity contribution in [1.29, 1.82) is 0 Å². The molecule has 3 fully saturated rings. The lowest BCUT2D eigenvalue weighted by Crippen LogP contribution is -2.53. The minimum atomic E-state index is -4.76. The number of allylic oxidation sites excluding steroid dienone is 2. The molecule has 3 aromatic carbocycles. The molecule has 3 heterocycles. The average molecular weight is 790 g/mol. The van der Waals surface area contributed by atoms with Gasteiger partial charge in [0.1, 0.15) is 5.75 Å². The molecule has 15 heteroatoms. The van der Waals surface area contributed by atoms with Crippen LogP contribution in [-0.4, -0.2) is 44.5 Å². The first-order valence-electron chi connectivity index (χ1n) is 17.2. The molecule has 0 unspecified atom stereocenters. The van der Waals surface area contributed by atoms with E-state index in [-0.39, 0.29) is 41.4 Å². The molecule has 4 aromatic rings. The van der Waals surface area contributed by atoms with Gasteiger partial charge in [0, 0.05) is 28.3 Å². The van der Waals surface area contributed by atoms with E-state index in [4.69, 9.17) is 23.2 Å². The number of nitrogens with zero attached hydrogens (tertiary/aromatic N) is 3. The Labute approximate surface area is 321 Å². The number of halogens is 5. The van der Waals surface area contributed by atoms with Crippen LogP contribution in [-0.2, 0) is 30.8 Å². The molecule has 10 nitrogen and oxygen atoms in total. The minimum Gasteiger partial charge on any atom is -0.508 e. The van der Waals surface area contributed by atoms with Crippen molar-refractivity contribution < 1.29 is 42.3 Å². The number of aromatic nitrogens is 1. The van der Waals surface area contributed by atoms with E-state index in [0.29, 0.717) is 39.0 Å². The van der Waals surface area contributed by atoms with Crippen LogP contribution in [0.5, 0.6) is 5.75 Å². The quantitative estimate of drug-likeness (QED) is 0.116. The summed E-state index contributed by atoms with van der Waals surface area (Å²) in [6.45, 7) is 1.40. The Hall–Kier alpha value is -5.53. The second-order valence-corrected chi connectivity index (χ2v) is 14.9. The topological polar surface area (TPSA) is 137 Å². The van der Waals surface area contributed by atoms with Gasteiger partial charge < -0.3 is 5.11 Å². The van der Waals surface area contributed by atoms with Crippen LogP contribution in [0.1, 0.15) is 52.7 Å². The second-order valence-electron chi connectivity index (χ2n) is 14.1. The maximum Gasteiger partial charge on any atom is 0.417 e. The highest BCUT2D eigenvalue weighted by Gasteiger charge is 2.70. The number of phenols is 1. The van der Waals surface area contributed by atoms with Crippen molar-refractivity contribution in [3.63, 3.8) is 0 Å². The van der Waals surface area contributed by atoms with Crippen LogP contribution in [0.2, 0.25) is 10.0 Å². The van der Waals surface area contributed by atoms with Gasteiger partial charge in [-0.25, -0.2) is 4.98 Å². The molecule has 2 N–H and O–H groups in total. The Balaban J connectivity index is 1.29. The standard InChI is InChI=1S/C40H29Cl2F3N4O6/c1-19(50)20-6-12-24(13-7-20)48-35(52)27-15-14-25-28(32(27)37(48)54)17-29-36(53)49(47-34-30(42)16-22(18-46-34)40(43,44)45)38(55)39(29,21-8-10-23(41)11-9-21)33(25)26-4-2-3-5-31(26)51/h2-14,16,18,27-29,32-33,51H,15,17H2,1H3,(H,46,47)/t27-,28+,29-,32-,33+,39+/m0/s1. The van der Waals surface area contributed by atoms with Gasteiger partial charge in [0.2, 0.25) is 11.8 Å². The third-order valence-corrected chi connectivity index (χ3v) is 11.9. The summed E-state index contributed by atoms with van der Waals surface area (Å²) in [5, 5.41) is 12.0. The number of imide groups is 2. The van der Waals surface area contributed by atoms with Crippen LogP contribution in [0.3, 0.4) is 0 Å². The first-order valence-corrected chi connectivity index (χ1v) is 18.0. The molecule has 0 bridgehead atoms. The smallest absolute Gasteiger partial charge is 0.417 e. The van der Waals surface area contributed by atoms with Crippen LogP contribution in [0.25, 0.3) is 0 Å². The van der Waals surface area contributed by atoms with E-state index >= 15 is 4.79 Å². The Morgan fingerprint density at radius 1 is 0.927 bits per heavy atom. The molecule has 55 heavy (non-hydrogen) atoms. The van der Waals surface area contributed by atoms with Gasteiger partial charge in [-0.05, 0) is 79.8 Å². The number of carbonyl (C=O) groups is 5. The number of para-hydroxylation sites is 1. The Morgan fingerprint density at radius 3 is 2.25 bits per heavy atom. The van der Waals surface area contributed by atoms with E-state index in [1.54, 1.807) is 42.5 Å². The van der Waals surface area contributed by atoms with Crippen molar-refractivity contribution in [2.45, 2.75) is 37.3 Å². The summed E-state index contributed by atoms with van der Waals surface area (Å²) in [5.74, 6) is -8.16. The number of nitrogens with one attached hydrogen (secondary N) is 1. The van der Waals surface area contributed by atoms with E-state index in [1.165, 1.54) is 37.3 Å². The number of rotatable bonds is 6. The largest absolute Gasteiger partial charge is 0.508 e. The lowest BCUT2D eigenvalue weighted by molar-refractivity contribution is -0.139. The highest BCUT2D eigenvalue weighted by atomic mass is 35.5. The number of hydrogen-bond acceptors (Lipinski definition) is 8. The first kappa shape index (κ1) is 36.4. The number of fused-ring (bicyclic) bond motifs is 4. The normalized spacial score (nSPS) is 26.1. The molecular weight excluding hydrogens is 760 g/mol. The number of anilines is 2. The molecule has 2 aliphatic heterocycles. The summed E-state index contributed by atoms with van der Waals surface area (Å²) in [7, 11) is 0. The molecule has 2 aliphatic carbocycles. The van der Waals surface area contributed by atoms with Gasteiger partial charge in [0.05, 0.1) is 39.4 Å². The van der Waals surface area contributed by atoms with Crippen LogP contribution in [0.15, 0.2) is 96.7 Å². The lowest BCUT2D eigenvalue weighted by atomic mass is 9.49. The number of aromatic hydroxyl groups is 1. The third kappa shape index (κ3) is 5.54. The van der Waals surface area contributed by atoms with Gasteiger partial charge in [-0.2, -0.15) is 18.2 Å². The van der Waals surface area contributed by atoms with Gasteiger partial charge in [-0.15, -0.1) is 0 Å². The minimum absolute atomic E-state index is 0.0905. The average Bonchev–Trinajstić information content (AvgIpc) is 3.53. The van der Waals surface area contributed by atoms with E-state index in [9.17, 15) is 37.5 Å². The summed E-state index contributed by atoms with van der Waals surface area (Å²) in [4.78, 5) is 75.3. The summed E-state index contributed by atoms with van der Waals surface area (Å²) in [5.41, 5.74) is 1.52. The van der Waals surface area contributed by atoms with Crippen molar-refractivity contribution >= 4 is 64.1 Å². The molecule has 2 saturated heterocycles. The Bertz CT molecular complexity index is 2350. The van der Waals surface area contributed by atoms with Crippen LogP contribution in [0.4, 0.5) is 24.7 Å². The van der Waals surface area contributed by atoms with Crippen molar-refractivity contribution in [1.82, 2.24) is 9.99 Å². The molecule has 4 amide bonds. The number of pyridine rings is 1. The number of ketones is 1. The molecular formula is C40H29Cl2F3N4O6. The number of Topliss-reactive ketones (excluding diaryl/α,β-unsaturated/α-hetero) is 1. The number of benzene rings is 3. The van der Waals surface area contributed by atoms with Crippen molar-refractivity contribution in [3.05, 3.63) is 129 Å². The predicted molar refractivity (Wildman–Crippen MR) is 194 cm³/mol.